The van der Waals surface area contributed by atoms with Crippen LogP contribution in [0.4, 0.5) is 0 Å². The van der Waals surface area contributed by atoms with Gasteiger partial charge in [-0.05, 0) is 31.2 Å². The lowest BCUT2D eigenvalue weighted by Gasteiger charge is -2.33. The lowest BCUT2D eigenvalue weighted by atomic mass is 10.2. The van der Waals surface area contributed by atoms with Gasteiger partial charge in [0.2, 0.25) is 15.9 Å². The molecule has 0 unspecified atom stereocenters. The van der Waals surface area contributed by atoms with Gasteiger partial charge in [0.25, 0.3) is 0 Å². The lowest BCUT2D eigenvalue weighted by Crippen LogP contribution is -2.50. The van der Waals surface area contributed by atoms with Gasteiger partial charge in [-0.2, -0.15) is 4.31 Å². The van der Waals surface area contributed by atoms with Crippen molar-refractivity contribution in [3.63, 3.8) is 0 Å². The Morgan fingerprint density at radius 2 is 1.66 bits per heavy atom. The molecule has 2 heterocycles. The molecule has 1 fully saturated rings. The van der Waals surface area contributed by atoms with Crippen LogP contribution in [0.15, 0.2) is 59.5 Å². The maximum atomic E-state index is 12.9. The van der Waals surface area contributed by atoms with Crippen molar-refractivity contribution in [2.45, 2.75) is 11.8 Å². The van der Waals surface area contributed by atoms with Gasteiger partial charge in [0.1, 0.15) is 0 Å². The monoisotopic (exact) mass is 488 g/mol. The van der Waals surface area contributed by atoms with Gasteiger partial charge >= 0.3 is 0 Å². The Morgan fingerprint density at radius 3 is 2.28 bits per heavy atom. The molecule has 0 bridgehead atoms. The van der Waals surface area contributed by atoms with Crippen LogP contribution >= 0.6 is 22.9 Å². The molecule has 0 spiro atoms. The summed E-state index contributed by atoms with van der Waals surface area (Å²) in [6.07, 6.45) is 3.20. The number of amides is 1. The molecule has 0 atom stereocenters. The highest BCUT2D eigenvalue weighted by Gasteiger charge is 2.29. The first kappa shape index (κ1) is 22.7. The van der Waals surface area contributed by atoms with Crippen LogP contribution in [0.1, 0.15) is 22.2 Å². The third-order valence-electron chi connectivity index (χ3n) is 5.39. The van der Waals surface area contributed by atoms with Gasteiger partial charge in [-0.15, -0.1) is 11.3 Å². The van der Waals surface area contributed by atoms with Gasteiger partial charge in [-0.25, -0.2) is 8.42 Å². The summed E-state index contributed by atoms with van der Waals surface area (Å²) in [5, 5.41) is 1.59. The van der Waals surface area contributed by atoms with Crippen molar-refractivity contribution >= 4 is 60.8 Å². The zero-order valence-electron chi connectivity index (χ0n) is 17.3. The minimum atomic E-state index is -3.68. The number of sulfonamides is 1. The van der Waals surface area contributed by atoms with Gasteiger partial charge in [0.15, 0.2) is 5.78 Å². The van der Waals surface area contributed by atoms with Gasteiger partial charge in [0, 0.05) is 52.8 Å². The van der Waals surface area contributed by atoms with Crippen LogP contribution < -0.4 is 0 Å². The highest BCUT2D eigenvalue weighted by atomic mass is 35.5. The summed E-state index contributed by atoms with van der Waals surface area (Å²) in [4.78, 5) is 26.6. The highest BCUT2D eigenvalue weighted by molar-refractivity contribution is 7.89. The third kappa shape index (κ3) is 4.49. The van der Waals surface area contributed by atoms with E-state index in [1.165, 1.54) is 52.9 Å². The number of rotatable bonds is 5. The molecule has 1 aliphatic rings. The van der Waals surface area contributed by atoms with Crippen LogP contribution in [-0.4, -0.2) is 55.5 Å². The fraction of sp³-hybridized carbons (Fsp3) is 0.217. The molecule has 1 amide bonds. The van der Waals surface area contributed by atoms with Crippen LogP contribution in [0.3, 0.4) is 0 Å². The SMILES string of the molecule is CC(=O)c1ccc(S(=O)(=O)N2CCN(C(=O)C=Cc3sc4ccccc4c3Cl)CC2)cc1. The topological polar surface area (TPSA) is 74.8 Å². The summed E-state index contributed by atoms with van der Waals surface area (Å²) in [5.41, 5.74) is 0.463. The molecule has 1 saturated heterocycles. The fourth-order valence-corrected chi connectivity index (χ4v) is 6.37. The summed E-state index contributed by atoms with van der Waals surface area (Å²) in [5.74, 6) is -0.299. The number of hydrogen-bond acceptors (Lipinski definition) is 5. The third-order valence-corrected chi connectivity index (χ3v) is 8.95. The molecule has 32 heavy (non-hydrogen) atoms. The second-order valence-electron chi connectivity index (χ2n) is 7.42. The Morgan fingerprint density at radius 1 is 1.00 bits per heavy atom. The molecule has 0 N–H and O–H groups in total. The number of nitrogens with zero attached hydrogens (tertiary/aromatic N) is 2. The number of fused-ring (bicyclic) bond motifs is 1. The lowest BCUT2D eigenvalue weighted by molar-refractivity contribution is -0.127. The maximum absolute atomic E-state index is 12.9. The predicted molar refractivity (Wildman–Crippen MR) is 128 cm³/mol. The van der Waals surface area contributed by atoms with E-state index in [-0.39, 0.29) is 29.7 Å². The van der Waals surface area contributed by atoms with Crippen molar-refractivity contribution in [1.82, 2.24) is 9.21 Å². The fourth-order valence-electron chi connectivity index (χ4n) is 3.55. The number of ketones is 1. The van der Waals surface area contributed by atoms with Gasteiger partial charge in [-0.1, -0.05) is 41.9 Å². The smallest absolute Gasteiger partial charge is 0.246 e. The summed E-state index contributed by atoms with van der Waals surface area (Å²) < 4.78 is 28.2. The number of hydrogen-bond donors (Lipinski definition) is 0. The molecule has 1 aromatic heterocycles. The predicted octanol–water partition coefficient (Wildman–Crippen LogP) is 4.30. The first-order valence-electron chi connectivity index (χ1n) is 10.0. The van der Waals surface area contributed by atoms with Gasteiger partial charge in [0.05, 0.1) is 9.92 Å². The second-order valence-corrected chi connectivity index (χ2v) is 10.8. The number of piperazine rings is 1. The van der Waals surface area contributed by atoms with Crippen LogP contribution in [0, 0.1) is 0 Å². The highest BCUT2D eigenvalue weighted by Crippen LogP contribution is 2.36. The van der Waals surface area contributed by atoms with E-state index in [2.05, 4.69) is 0 Å². The first-order chi connectivity index (χ1) is 15.3. The number of benzene rings is 2. The number of halogens is 1. The molecule has 4 rings (SSSR count). The summed E-state index contributed by atoms with van der Waals surface area (Å²) >= 11 is 7.94. The van der Waals surface area contributed by atoms with Crippen molar-refractivity contribution in [2.75, 3.05) is 26.2 Å². The van der Waals surface area contributed by atoms with Gasteiger partial charge in [-0.3, -0.25) is 9.59 Å². The Balaban J connectivity index is 1.40. The minimum Gasteiger partial charge on any atom is -0.337 e. The molecular weight excluding hydrogens is 468 g/mol. The average Bonchev–Trinajstić information content (AvgIpc) is 3.13. The van der Waals surface area contributed by atoms with Crippen LogP contribution in [0.2, 0.25) is 5.02 Å². The van der Waals surface area contributed by atoms with Crippen molar-refractivity contribution in [2.24, 2.45) is 0 Å². The molecule has 6 nitrogen and oxygen atoms in total. The first-order valence-corrected chi connectivity index (χ1v) is 12.7. The number of thiophene rings is 1. The Kier molecular flexibility index (Phi) is 6.48. The van der Waals surface area contributed by atoms with E-state index in [9.17, 15) is 18.0 Å². The molecule has 0 saturated carbocycles. The van der Waals surface area contributed by atoms with Crippen molar-refractivity contribution < 1.29 is 18.0 Å². The molecule has 3 aromatic rings. The Hall–Kier alpha value is -2.52. The zero-order valence-corrected chi connectivity index (χ0v) is 19.7. The van der Waals surface area contributed by atoms with Crippen LogP contribution in [-0.2, 0) is 14.8 Å². The largest absolute Gasteiger partial charge is 0.337 e. The molecule has 2 aromatic carbocycles. The van der Waals surface area contributed by atoms with E-state index >= 15 is 0 Å². The molecule has 1 aliphatic heterocycles. The van der Waals surface area contributed by atoms with E-state index < -0.39 is 10.0 Å². The standard InChI is InChI=1S/C23H21ClN2O4S2/c1-16(27)17-6-8-18(9-7-17)32(29,30)26-14-12-25(13-15-26)22(28)11-10-21-23(24)19-4-2-3-5-20(19)31-21/h2-11H,12-15H2,1H3. The molecule has 166 valence electrons. The van der Waals surface area contributed by atoms with Crippen LogP contribution in [0.5, 0.6) is 0 Å². The van der Waals surface area contributed by atoms with E-state index in [0.717, 1.165) is 15.0 Å². The number of Topliss-reactive ketones (excluding diaryl/α,β-unsaturated/α-hetero) is 1. The zero-order chi connectivity index (χ0) is 22.9. The number of carbonyl (C=O) groups is 2. The van der Waals surface area contributed by atoms with E-state index in [1.54, 1.807) is 11.0 Å². The molecule has 0 radical (unpaired) electrons. The Labute approximate surface area is 195 Å². The molecular formula is C23H21ClN2O4S2. The van der Waals surface area contributed by atoms with E-state index in [0.29, 0.717) is 23.7 Å². The second kappa shape index (κ2) is 9.15. The van der Waals surface area contributed by atoms with Crippen molar-refractivity contribution in [1.29, 1.82) is 0 Å². The van der Waals surface area contributed by atoms with Gasteiger partial charge < -0.3 is 4.90 Å². The average molecular weight is 489 g/mol. The maximum Gasteiger partial charge on any atom is 0.246 e. The summed E-state index contributed by atoms with van der Waals surface area (Å²) in [6, 6.07) is 13.7. The summed E-state index contributed by atoms with van der Waals surface area (Å²) in [7, 11) is -3.68. The van der Waals surface area contributed by atoms with Crippen molar-refractivity contribution in [3.05, 3.63) is 70.1 Å². The quantitative estimate of drug-likeness (QED) is 0.396. The number of carbonyl (C=O) groups excluding carboxylic acids is 2. The Bertz CT molecular complexity index is 1310. The minimum absolute atomic E-state index is 0.119. The van der Waals surface area contributed by atoms with Crippen molar-refractivity contribution in [3.8, 4) is 0 Å². The van der Waals surface area contributed by atoms with Crippen LogP contribution in [0.25, 0.3) is 16.2 Å². The van der Waals surface area contributed by atoms with E-state index in [4.69, 9.17) is 11.6 Å². The normalized spacial score (nSPS) is 15.5. The van der Waals surface area contributed by atoms with E-state index in [1.807, 2.05) is 24.3 Å². The molecule has 9 heteroatoms. The molecule has 0 aliphatic carbocycles. The summed E-state index contributed by atoms with van der Waals surface area (Å²) in [6.45, 7) is 2.45.